The minimum absolute atomic E-state index is 0.320. The molecule has 0 bridgehead atoms. The number of aliphatic hydroxyl groups is 1. The fourth-order valence-electron chi connectivity index (χ4n) is 3.96. The molecule has 28 heavy (non-hydrogen) atoms. The lowest BCUT2D eigenvalue weighted by atomic mass is 10.00. The van der Waals surface area contributed by atoms with E-state index < -0.39 is 6.10 Å². The van der Waals surface area contributed by atoms with E-state index in [2.05, 4.69) is 46.2 Å². The van der Waals surface area contributed by atoms with Crippen LogP contribution in [0.2, 0.25) is 0 Å². The number of benzene rings is 2. The summed E-state index contributed by atoms with van der Waals surface area (Å²) < 4.78 is 11.2. The molecule has 1 N–H and O–H groups in total. The Kier molecular flexibility index (Phi) is 6.60. The highest BCUT2D eigenvalue weighted by Gasteiger charge is 2.18. The Morgan fingerprint density at radius 2 is 1.68 bits per heavy atom. The predicted molar refractivity (Wildman–Crippen MR) is 109 cm³/mol. The highest BCUT2D eigenvalue weighted by atomic mass is 16.5. The Morgan fingerprint density at radius 3 is 2.46 bits per heavy atom. The van der Waals surface area contributed by atoms with Gasteiger partial charge in [0, 0.05) is 39.3 Å². The van der Waals surface area contributed by atoms with E-state index in [0.717, 1.165) is 58.1 Å². The molecule has 2 aromatic rings. The molecule has 1 atom stereocenters. The van der Waals surface area contributed by atoms with Gasteiger partial charge in [-0.1, -0.05) is 36.4 Å². The maximum absolute atomic E-state index is 10.4. The first-order chi connectivity index (χ1) is 13.8. The molecule has 2 heterocycles. The van der Waals surface area contributed by atoms with Gasteiger partial charge in [0.15, 0.2) is 0 Å². The SMILES string of the molecule is OC(COc1ccc(CN2CCOCC2)cc1)CN1CCc2ccccc2C1. The molecular formula is C23H30N2O3. The lowest BCUT2D eigenvalue weighted by Gasteiger charge is -2.30. The summed E-state index contributed by atoms with van der Waals surface area (Å²) >= 11 is 0. The van der Waals surface area contributed by atoms with Gasteiger partial charge in [-0.15, -0.1) is 0 Å². The molecule has 2 aliphatic rings. The van der Waals surface area contributed by atoms with Crippen molar-refractivity contribution in [1.29, 1.82) is 0 Å². The number of morpholine rings is 1. The van der Waals surface area contributed by atoms with Crippen LogP contribution in [0, 0.1) is 0 Å². The largest absolute Gasteiger partial charge is 0.491 e. The predicted octanol–water partition coefficient (Wildman–Crippen LogP) is 2.32. The maximum atomic E-state index is 10.4. The molecule has 0 amide bonds. The van der Waals surface area contributed by atoms with Crippen molar-refractivity contribution in [3.8, 4) is 5.75 Å². The summed E-state index contributed by atoms with van der Waals surface area (Å²) in [6, 6.07) is 16.8. The fraction of sp³-hybridized carbons (Fsp3) is 0.478. The summed E-state index contributed by atoms with van der Waals surface area (Å²) in [6.07, 6.45) is 0.562. The van der Waals surface area contributed by atoms with Crippen LogP contribution in [0.1, 0.15) is 16.7 Å². The normalized spacial score (nSPS) is 19.2. The number of fused-ring (bicyclic) bond motifs is 1. The van der Waals surface area contributed by atoms with Gasteiger partial charge < -0.3 is 14.6 Å². The van der Waals surface area contributed by atoms with Crippen LogP contribution in [0.15, 0.2) is 48.5 Å². The van der Waals surface area contributed by atoms with Crippen molar-refractivity contribution in [2.24, 2.45) is 0 Å². The molecule has 0 aromatic heterocycles. The summed E-state index contributed by atoms with van der Waals surface area (Å²) in [5, 5.41) is 10.4. The van der Waals surface area contributed by atoms with E-state index in [9.17, 15) is 5.11 Å². The molecule has 0 radical (unpaired) electrons. The summed E-state index contributed by atoms with van der Waals surface area (Å²) in [4.78, 5) is 4.71. The van der Waals surface area contributed by atoms with E-state index in [0.29, 0.717) is 13.2 Å². The van der Waals surface area contributed by atoms with Gasteiger partial charge in [-0.25, -0.2) is 0 Å². The quantitative estimate of drug-likeness (QED) is 0.796. The van der Waals surface area contributed by atoms with E-state index >= 15 is 0 Å². The van der Waals surface area contributed by atoms with Gasteiger partial charge in [0.1, 0.15) is 18.5 Å². The highest BCUT2D eigenvalue weighted by molar-refractivity contribution is 5.29. The van der Waals surface area contributed by atoms with Crippen molar-refractivity contribution in [2.75, 3.05) is 46.0 Å². The molecule has 4 rings (SSSR count). The zero-order valence-electron chi connectivity index (χ0n) is 16.4. The third kappa shape index (κ3) is 5.32. The Bertz CT molecular complexity index is 744. The molecule has 150 valence electrons. The maximum Gasteiger partial charge on any atom is 0.119 e. The first-order valence-corrected chi connectivity index (χ1v) is 10.3. The van der Waals surface area contributed by atoms with E-state index in [1.807, 2.05) is 12.1 Å². The molecule has 1 fully saturated rings. The lowest BCUT2D eigenvalue weighted by Crippen LogP contribution is -2.38. The number of nitrogens with zero attached hydrogens (tertiary/aromatic N) is 2. The van der Waals surface area contributed by atoms with Crippen molar-refractivity contribution in [2.45, 2.75) is 25.6 Å². The molecule has 0 spiro atoms. The summed E-state index contributed by atoms with van der Waals surface area (Å²) in [5.74, 6) is 0.814. The lowest BCUT2D eigenvalue weighted by molar-refractivity contribution is 0.0342. The average molecular weight is 383 g/mol. The van der Waals surface area contributed by atoms with Gasteiger partial charge >= 0.3 is 0 Å². The second-order valence-corrected chi connectivity index (χ2v) is 7.75. The first-order valence-electron chi connectivity index (χ1n) is 10.3. The van der Waals surface area contributed by atoms with Gasteiger partial charge in [-0.05, 0) is 35.2 Å². The van der Waals surface area contributed by atoms with Crippen molar-refractivity contribution in [3.63, 3.8) is 0 Å². The Hall–Kier alpha value is -1.92. The molecule has 0 aliphatic carbocycles. The second kappa shape index (κ2) is 9.52. The van der Waals surface area contributed by atoms with E-state index in [-0.39, 0.29) is 0 Å². The molecule has 5 nitrogen and oxygen atoms in total. The Labute approximate surface area is 167 Å². The van der Waals surface area contributed by atoms with Gasteiger partial charge in [0.05, 0.1) is 13.2 Å². The second-order valence-electron chi connectivity index (χ2n) is 7.75. The molecular weight excluding hydrogens is 352 g/mol. The number of rotatable bonds is 7. The molecule has 1 saturated heterocycles. The van der Waals surface area contributed by atoms with Crippen LogP contribution >= 0.6 is 0 Å². The molecule has 2 aliphatic heterocycles. The molecule has 2 aromatic carbocycles. The average Bonchev–Trinajstić information content (AvgIpc) is 2.74. The van der Waals surface area contributed by atoms with Crippen molar-refractivity contribution < 1.29 is 14.6 Å². The van der Waals surface area contributed by atoms with Gasteiger partial charge in [0.2, 0.25) is 0 Å². The minimum atomic E-state index is -0.488. The number of hydrogen-bond donors (Lipinski definition) is 1. The number of hydrogen-bond acceptors (Lipinski definition) is 5. The Morgan fingerprint density at radius 1 is 0.929 bits per heavy atom. The van der Waals surface area contributed by atoms with E-state index in [4.69, 9.17) is 9.47 Å². The molecule has 0 saturated carbocycles. The summed E-state index contributed by atoms with van der Waals surface area (Å²) in [6.45, 7) is 7.43. The van der Waals surface area contributed by atoms with Gasteiger partial charge in [0.25, 0.3) is 0 Å². The van der Waals surface area contributed by atoms with Crippen molar-refractivity contribution >= 4 is 0 Å². The zero-order valence-corrected chi connectivity index (χ0v) is 16.4. The summed E-state index contributed by atoms with van der Waals surface area (Å²) in [5.41, 5.74) is 4.08. The molecule has 5 heteroatoms. The fourth-order valence-corrected chi connectivity index (χ4v) is 3.96. The van der Waals surface area contributed by atoms with Crippen LogP contribution in [-0.4, -0.2) is 67.0 Å². The first kappa shape index (κ1) is 19.4. The molecule has 1 unspecified atom stereocenters. The van der Waals surface area contributed by atoms with Crippen LogP contribution in [-0.2, 0) is 24.2 Å². The van der Waals surface area contributed by atoms with Gasteiger partial charge in [-0.2, -0.15) is 0 Å². The smallest absolute Gasteiger partial charge is 0.119 e. The van der Waals surface area contributed by atoms with Crippen molar-refractivity contribution in [3.05, 3.63) is 65.2 Å². The highest BCUT2D eigenvalue weighted by Crippen LogP contribution is 2.19. The van der Waals surface area contributed by atoms with Crippen LogP contribution in [0.4, 0.5) is 0 Å². The van der Waals surface area contributed by atoms with Crippen LogP contribution in [0.5, 0.6) is 5.75 Å². The van der Waals surface area contributed by atoms with Crippen LogP contribution in [0.3, 0.4) is 0 Å². The number of aliphatic hydroxyl groups excluding tert-OH is 1. The number of β-amino-alcohol motifs (C(OH)–C–C–N with tert-alkyl or cyclic N) is 1. The topological polar surface area (TPSA) is 45.2 Å². The Balaban J connectivity index is 1.21. The monoisotopic (exact) mass is 382 g/mol. The van der Waals surface area contributed by atoms with E-state index in [1.54, 1.807) is 0 Å². The van der Waals surface area contributed by atoms with Gasteiger partial charge in [-0.3, -0.25) is 9.80 Å². The third-order valence-corrected chi connectivity index (χ3v) is 5.55. The minimum Gasteiger partial charge on any atom is -0.491 e. The van der Waals surface area contributed by atoms with Crippen LogP contribution < -0.4 is 4.74 Å². The standard InChI is InChI=1S/C23H30N2O3/c26-22(17-25-10-9-20-3-1-2-4-21(20)16-25)18-28-23-7-5-19(6-8-23)15-24-11-13-27-14-12-24/h1-8,22,26H,9-18H2. The zero-order chi connectivity index (χ0) is 19.2. The van der Waals surface area contributed by atoms with E-state index in [1.165, 1.54) is 16.7 Å². The van der Waals surface area contributed by atoms with Crippen LogP contribution in [0.25, 0.3) is 0 Å². The third-order valence-electron chi connectivity index (χ3n) is 5.55. The summed E-state index contributed by atoms with van der Waals surface area (Å²) in [7, 11) is 0. The number of ether oxygens (including phenoxy) is 2. The van der Waals surface area contributed by atoms with Crippen molar-refractivity contribution in [1.82, 2.24) is 9.80 Å².